The molecule has 1 N–H and O–H groups in total. The zero-order valence-electron chi connectivity index (χ0n) is 10.6. The van der Waals surface area contributed by atoms with Crippen LogP contribution in [0, 0.1) is 0 Å². The van der Waals surface area contributed by atoms with Crippen molar-refractivity contribution in [2.45, 2.75) is 39.9 Å². The Bertz CT molecular complexity index is 456. The van der Waals surface area contributed by atoms with Gasteiger partial charge in [-0.05, 0) is 29.9 Å². The van der Waals surface area contributed by atoms with E-state index in [9.17, 15) is 0 Å². The Morgan fingerprint density at radius 1 is 1.25 bits per heavy atom. The Kier molecular flexibility index (Phi) is 3.09. The van der Waals surface area contributed by atoms with Gasteiger partial charge in [-0.1, -0.05) is 44.7 Å². The maximum absolute atomic E-state index is 3.51. The van der Waals surface area contributed by atoms with Crippen LogP contribution in [0.2, 0.25) is 6.82 Å². The highest BCUT2D eigenvalue weighted by atomic mass is 14.7. The van der Waals surface area contributed by atoms with Crippen molar-refractivity contribution in [2.24, 2.45) is 0 Å². The van der Waals surface area contributed by atoms with Crippen LogP contribution in [0.3, 0.4) is 0 Å². The summed E-state index contributed by atoms with van der Waals surface area (Å²) in [6, 6.07) is 6.85. The van der Waals surface area contributed by atoms with Gasteiger partial charge in [-0.3, -0.25) is 0 Å². The number of nitrogens with one attached hydrogen (secondary N) is 1. The minimum Gasteiger partial charge on any atom is -0.358 e. The Hall–Kier alpha value is -1.18. The van der Waals surface area contributed by atoms with E-state index in [-0.39, 0.29) is 0 Å². The van der Waals surface area contributed by atoms with Crippen LogP contribution >= 0.6 is 0 Å². The first-order valence-electron chi connectivity index (χ1n) is 6.10. The lowest BCUT2D eigenvalue weighted by molar-refractivity contribution is 0.836. The highest BCUT2D eigenvalue weighted by Crippen LogP contribution is 2.21. The fraction of sp³-hybridized carbons (Fsp3) is 0.429. The largest absolute Gasteiger partial charge is 0.358 e. The number of aryl methyl sites for hydroxylation is 1. The maximum Gasteiger partial charge on any atom is 0.148 e. The Labute approximate surface area is 98.5 Å². The average molecular weight is 212 g/mol. The van der Waals surface area contributed by atoms with Crippen molar-refractivity contribution in [1.82, 2.24) is 4.98 Å². The van der Waals surface area contributed by atoms with Crippen LogP contribution in [-0.4, -0.2) is 12.3 Å². The van der Waals surface area contributed by atoms with E-state index in [2.05, 4.69) is 58.1 Å². The number of H-pyrrole nitrogens is 1. The fourth-order valence-corrected chi connectivity index (χ4v) is 2.15. The van der Waals surface area contributed by atoms with Gasteiger partial charge in [0.2, 0.25) is 0 Å². The van der Waals surface area contributed by atoms with Crippen LogP contribution < -0.4 is 5.46 Å². The number of benzene rings is 1. The molecule has 0 amide bonds. The molecule has 0 bridgehead atoms. The van der Waals surface area contributed by atoms with Gasteiger partial charge in [-0.2, -0.15) is 0 Å². The number of fused-ring (bicyclic) bond motifs is 1. The SMILES string of the molecule is C[B]c1cc2cc(C(C)C)[nH]c2cc1CC. The van der Waals surface area contributed by atoms with Crippen molar-refractivity contribution in [3.05, 3.63) is 29.5 Å². The Morgan fingerprint density at radius 2 is 2.00 bits per heavy atom. The van der Waals surface area contributed by atoms with E-state index in [1.54, 1.807) is 0 Å². The molecular weight excluding hydrogens is 193 g/mol. The molecular formula is C14H19BN. The molecule has 0 saturated carbocycles. The molecule has 0 fully saturated rings. The lowest BCUT2D eigenvalue weighted by atomic mass is 9.70. The van der Waals surface area contributed by atoms with Gasteiger partial charge in [-0.15, -0.1) is 0 Å². The summed E-state index contributed by atoms with van der Waals surface area (Å²) in [5, 5.41) is 1.33. The minimum atomic E-state index is 0.562. The second-order valence-corrected chi connectivity index (χ2v) is 4.66. The van der Waals surface area contributed by atoms with Crippen LogP contribution in [0.1, 0.15) is 37.9 Å². The molecule has 0 saturated heterocycles. The van der Waals surface area contributed by atoms with Gasteiger partial charge in [0.25, 0.3) is 0 Å². The van der Waals surface area contributed by atoms with Crippen molar-refractivity contribution in [2.75, 3.05) is 0 Å². The molecule has 2 rings (SSSR count). The van der Waals surface area contributed by atoms with Crippen molar-refractivity contribution >= 4 is 23.6 Å². The lowest BCUT2D eigenvalue weighted by Gasteiger charge is -2.05. The summed E-state index contributed by atoms with van der Waals surface area (Å²) in [6.07, 6.45) is 1.09. The minimum absolute atomic E-state index is 0.562. The van der Waals surface area contributed by atoms with Crippen LogP contribution in [0.25, 0.3) is 10.9 Å². The molecule has 2 heteroatoms. The molecule has 1 radical (unpaired) electrons. The van der Waals surface area contributed by atoms with Gasteiger partial charge < -0.3 is 4.98 Å². The molecule has 83 valence electrons. The first-order valence-corrected chi connectivity index (χ1v) is 6.10. The fourth-order valence-electron chi connectivity index (χ4n) is 2.15. The molecule has 1 aromatic heterocycles. The standard InChI is InChI=1S/C14H19BN/c1-5-10-7-14-11(6-12(10)15-4)8-13(16-14)9(2)3/h6-9,16H,5H2,1-4H3. The van der Waals surface area contributed by atoms with E-state index in [0.717, 1.165) is 6.42 Å². The lowest BCUT2D eigenvalue weighted by Crippen LogP contribution is -2.15. The van der Waals surface area contributed by atoms with E-state index in [0.29, 0.717) is 5.92 Å². The number of rotatable bonds is 3. The quantitative estimate of drug-likeness (QED) is 0.751. The predicted octanol–water partition coefficient (Wildman–Crippen LogP) is 3.23. The second kappa shape index (κ2) is 4.36. The molecule has 1 heterocycles. The van der Waals surface area contributed by atoms with Crippen LogP contribution in [0.15, 0.2) is 18.2 Å². The summed E-state index contributed by atoms with van der Waals surface area (Å²) in [4.78, 5) is 3.51. The van der Waals surface area contributed by atoms with E-state index in [1.165, 1.54) is 27.6 Å². The molecule has 1 nitrogen and oxygen atoms in total. The van der Waals surface area contributed by atoms with E-state index >= 15 is 0 Å². The van der Waals surface area contributed by atoms with Gasteiger partial charge in [0.05, 0.1) is 0 Å². The number of hydrogen-bond acceptors (Lipinski definition) is 0. The summed E-state index contributed by atoms with van der Waals surface area (Å²) in [5.41, 5.74) is 5.38. The highest BCUT2D eigenvalue weighted by Gasteiger charge is 2.07. The van der Waals surface area contributed by atoms with Crippen LogP contribution in [0.5, 0.6) is 0 Å². The normalized spacial score (nSPS) is 11.3. The second-order valence-electron chi connectivity index (χ2n) is 4.66. The molecule has 16 heavy (non-hydrogen) atoms. The molecule has 0 aliphatic carbocycles. The predicted molar refractivity (Wildman–Crippen MR) is 73.0 cm³/mol. The number of aromatic amines is 1. The van der Waals surface area contributed by atoms with E-state index in [4.69, 9.17) is 0 Å². The zero-order valence-corrected chi connectivity index (χ0v) is 10.6. The zero-order chi connectivity index (χ0) is 11.7. The molecule has 0 aliphatic heterocycles. The molecule has 0 aliphatic rings. The van der Waals surface area contributed by atoms with Crippen LogP contribution in [0.4, 0.5) is 0 Å². The maximum atomic E-state index is 3.51. The third-order valence-electron chi connectivity index (χ3n) is 3.22. The molecule has 0 unspecified atom stereocenters. The molecule has 1 aromatic carbocycles. The average Bonchev–Trinajstić information content (AvgIpc) is 2.69. The topological polar surface area (TPSA) is 15.8 Å². The summed E-state index contributed by atoms with van der Waals surface area (Å²) in [5.74, 6) is 0.562. The van der Waals surface area contributed by atoms with Crippen molar-refractivity contribution in [3.8, 4) is 0 Å². The highest BCUT2D eigenvalue weighted by molar-refractivity contribution is 6.53. The summed E-state index contributed by atoms with van der Waals surface area (Å²) >= 11 is 0. The van der Waals surface area contributed by atoms with Gasteiger partial charge in [0.1, 0.15) is 7.28 Å². The number of hydrogen-bond donors (Lipinski definition) is 1. The summed E-state index contributed by atoms with van der Waals surface area (Å²) < 4.78 is 0. The van der Waals surface area contributed by atoms with Gasteiger partial charge in [0.15, 0.2) is 0 Å². The van der Waals surface area contributed by atoms with Gasteiger partial charge >= 0.3 is 0 Å². The monoisotopic (exact) mass is 212 g/mol. The Morgan fingerprint density at radius 3 is 2.56 bits per heavy atom. The summed E-state index contributed by atoms with van der Waals surface area (Å²) in [6.45, 7) is 8.76. The smallest absolute Gasteiger partial charge is 0.148 e. The summed E-state index contributed by atoms with van der Waals surface area (Å²) in [7, 11) is 2.19. The molecule has 0 spiro atoms. The van der Waals surface area contributed by atoms with E-state index in [1.807, 2.05) is 0 Å². The molecule has 0 atom stereocenters. The van der Waals surface area contributed by atoms with Gasteiger partial charge in [-0.25, -0.2) is 0 Å². The molecule has 2 aromatic rings. The third-order valence-corrected chi connectivity index (χ3v) is 3.22. The van der Waals surface area contributed by atoms with Crippen molar-refractivity contribution < 1.29 is 0 Å². The number of aromatic nitrogens is 1. The third kappa shape index (κ3) is 1.89. The Balaban J connectivity index is 2.60. The first-order chi connectivity index (χ1) is 7.65. The van der Waals surface area contributed by atoms with Crippen molar-refractivity contribution in [3.63, 3.8) is 0 Å². The van der Waals surface area contributed by atoms with Gasteiger partial charge in [0, 0.05) is 11.2 Å². The van der Waals surface area contributed by atoms with Crippen LogP contribution in [-0.2, 0) is 6.42 Å². The van der Waals surface area contributed by atoms with Crippen molar-refractivity contribution in [1.29, 1.82) is 0 Å². The first kappa shape index (κ1) is 11.3. The van der Waals surface area contributed by atoms with E-state index < -0.39 is 0 Å².